The zero-order valence-corrected chi connectivity index (χ0v) is 12.3. The Bertz CT molecular complexity index is 545. The van der Waals surface area contributed by atoms with Gasteiger partial charge in [-0.2, -0.15) is 0 Å². The van der Waals surface area contributed by atoms with Gasteiger partial charge in [0.05, 0.1) is 0 Å². The molecule has 3 nitrogen and oxygen atoms in total. The number of aryl methyl sites for hydroxylation is 1. The number of ether oxygens (including phenoxy) is 1. The molecule has 1 aromatic heterocycles. The minimum absolute atomic E-state index is 0.386. The number of aromatic nitrogens is 2. The zero-order chi connectivity index (χ0) is 13.7. The molecule has 0 saturated heterocycles. The molecule has 0 saturated carbocycles. The Morgan fingerprint density at radius 2 is 2.26 bits per heavy atom. The normalized spacial score (nSPS) is 10.7. The van der Waals surface area contributed by atoms with Crippen LogP contribution in [0.4, 0.5) is 4.39 Å². The summed E-state index contributed by atoms with van der Waals surface area (Å²) in [5.74, 6) is 0.511. The number of benzene rings is 1. The molecule has 2 rings (SSSR count). The van der Waals surface area contributed by atoms with Crippen molar-refractivity contribution in [2.24, 2.45) is 0 Å². The highest BCUT2D eigenvalue weighted by molar-refractivity contribution is 7.99. The van der Waals surface area contributed by atoms with E-state index in [-0.39, 0.29) is 0 Å². The lowest BCUT2D eigenvalue weighted by Crippen LogP contribution is -2.02. The van der Waals surface area contributed by atoms with Gasteiger partial charge in [-0.3, -0.25) is 0 Å². The van der Waals surface area contributed by atoms with Gasteiger partial charge in [0.25, 0.3) is 0 Å². The molecule has 0 radical (unpaired) electrons. The summed E-state index contributed by atoms with van der Waals surface area (Å²) in [6, 6.07) is 7.20. The molecule has 0 aliphatic heterocycles. The molecule has 0 atom stereocenters. The first-order chi connectivity index (χ1) is 9.24. The quantitative estimate of drug-likeness (QED) is 0.650. The van der Waals surface area contributed by atoms with Crippen LogP contribution in [0.25, 0.3) is 0 Å². The van der Waals surface area contributed by atoms with Gasteiger partial charge in [0.1, 0.15) is 12.6 Å². The maximum Gasteiger partial charge on any atom is 0.234 e. The fourth-order valence-corrected chi connectivity index (χ4v) is 2.63. The zero-order valence-electron chi connectivity index (χ0n) is 10.5. The van der Waals surface area contributed by atoms with E-state index in [0.29, 0.717) is 12.5 Å². The van der Waals surface area contributed by atoms with E-state index >= 15 is 0 Å². The van der Waals surface area contributed by atoms with Gasteiger partial charge in [0.15, 0.2) is 0 Å². The van der Waals surface area contributed by atoms with Crippen LogP contribution in [-0.4, -0.2) is 15.2 Å². The molecule has 102 valence electrons. The van der Waals surface area contributed by atoms with Crippen molar-refractivity contribution < 1.29 is 9.13 Å². The van der Waals surface area contributed by atoms with Gasteiger partial charge in [-0.1, -0.05) is 30.8 Å². The summed E-state index contributed by atoms with van der Waals surface area (Å²) in [5.41, 5.74) is 2.20. The van der Waals surface area contributed by atoms with E-state index in [1.807, 2.05) is 18.2 Å². The van der Waals surface area contributed by atoms with Crippen molar-refractivity contribution in [3.8, 4) is 5.88 Å². The number of hydrogen-bond acceptors (Lipinski definition) is 4. The number of halogens is 1. The van der Waals surface area contributed by atoms with Crippen molar-refractivity contribution in [1.82, 2.24) is 9.19 Å². The first-order valence-corrected chi connectivity index (χ1v) is 7.30. The Hall–Kier alpha value is -1.14. The third kappa shape index (κ3) is 3.67. The second kappa shape index (κ2) is 6.86. The summed E-state index contributed by atoms with van der Waals surface area (Å²) in [6.45, 7) is 2.46. The van der Waals surface area contributed by atoms with E-state index in [0.717, 1.165) is 16.9 Å². The number of rotatable bonds is 6. The molecule has 0 unspecified atom stereocenters. The number of thiol groups is 1. The van der Waals surface area contributed by atoms with E-state index < -0.39 is 6.01 Å². The highest BCUT2D eigenvalue weighted by Crippen LogP contribution is 2.27. The predicted molar refractivity (Wildman–Crippen MR) is 78.6 cm³/mol. The van der Waals surface area contributed by atoms with Crippen LogP contribution in [0.3, 0.4) is 0 Å². The van der Waals surface area contributed by atoms with Gasteiger partial charge >= 0.3 is 0 Å². The van der Waals surface area contributed by atoms with Crippen molar-refractivity contribution in [2.45, 2.75) is 24.8 Å². The molecular weight excluding hydrogens is 283 g/mol. The van der Waals surface area contributed by atoms with E-state index in [1.54, 1.807) is 12.3 Å². The monoisotopic (exact) mass is 298 g/mol. The van der Waals surface area contributed by atoms with E-state index in [2.05, 4.69) is 24.8 Å². The van der Waals surface area contributed by atoms with Crippen LogP contribution < -0.4 is 4.74 Å². The number of hydrogen-bond donors (Lipinski definition) is 1. The van der Waals surface area contributed by atoms with Crippen LogP contribution in [0.5, 0.6) is 5.88 Å². The fraction of sp³-hybridized carbons (Fsp3) is 0.308. The van der Waals surface area contributed by atoms with Gasteiger partial charge in [0, 0.05) is 22.7 Å². The molecular formula is C13H15FN2OS2. The topological polar surface area (TPSA) is 27.1 Å². The SMILES string of the molecule is CCc1cccc(SCF)c1COc1ccn(S)n1. The van der Waals surface area contributed by atoms with Gasteiger partial charge in [-0.25, -0.2) is 8.48 Å². The van der Waals surface area contributed by atoms with Crippen molar-refractivity contribution in [3.63, 3.8) is 0 Å². The molecule has 0 bridgehead atoms. The average Bonchev–Trinajstić information content (AvgIpc) is 2.83. The summed E-state index contributed by atoms with van der Waals surface area (Å²) in [5, 5.41) is 4.03. The molecule has 6 heteroatoms. The van der Waals surface area contributed by atoms with Crippen LogP contribution in [0.2, 0.25) is 0 Å². The third-order valence-corrected chi connectivity index (χ3v) is 3.76. The van der Waals surface area contributed by atoms with Crippen LogP contribution >= 0.6 is 24.6 Å². The maximum atomic E-state index is 12.6. The summed E-state index contributed by atoms with van der Waals surface area (Å²) >= 11 is 5.23. The minimum atomic E-state index is -0.439. The van der Waals surface area contributed by atoms with Crippen LogP contribution in [0, 0.1) is 0 Å². The summed E-state index contributed by atoms with van der Waals surface area (Å²) < 4.78 is 19.6. The fourth-order valence-electron chi connectivity index (χ4n) is 1.82. The predicted octanol–water partition coefficient (Wildman–Crippen LogP) is 3.74. The van der Waals surface area contributed by atoms with Crippen LogP contribution in [0.1, 0.15) is 18.1 Å². The molecule has 0 aliphatic rings. The van der Waals surface area contributed by atoms with Crippen molar-refractivity contribution in [3.05, 3.63) is 41.6 Å². The molecule has 1 aromatic carbocycles. The van der Waals surface area contributed by atoms with E-state index in [4.69, 9.17) is 4.74 Å². The van der Waals surface area contributed by atoms with Crippen molar-refractivity contribution >= 4 is 24.6 Å². The second-order valence-corrected chi connectivity index (χ2v) is 5.22. The summed E-state index contributed by atoms with van der Waals surface area (Å²) in [7, 11) is 0. The minimum Gasteiger partial charge on any atom is -0.472 e. The Kier molecular flexibility index (Phi) is 5.15. The standard InChI is InChI=1S/C13H15FN2OS2/c1-2-10-4-3-5-12(19-9-14)11(10)8-17-13-6-7-16(18)15-13/h3-7,18H,2,8-9H2,1H3. The average molecular weight is 298 g/mol. The molecule has 0 amide bonds. The number of thioether (sulfide) groups is 1. The molecule has 0 aliphatic carbocycles. The first-order valence-electron chi connectivity index (χ1n) is 5.91. The largest absolute Gasteiger partial charge is 0.472 e. The number of nitrogens with zero attached hydrogens (tertiary/aromatic N) is 2. The second-order valence-electron chi connectivity index (χ2n) is 3.86. The lowest BCUT2D eigenvalue weighted by molar-refractivity contribution is 0.289. The van der Waals surface area contributed by atoms with Gasteiger partial charge < -0.3 is 4.74 Å². The van der Waals surface area contributed by atoms with Crippen molar-refractivity contribution in [2.75, 3.05) is 6.01 Å². The van der Waals surface area contributed by atoms with Crippen molar-refractivity contribution in [1.29, 1.82) is 0 Å². The van der Waals surface area contributed by atoms with Gasteiger partial charge in [0.2, 0.25) is 5.88 Å². The van der Waals surface area contributed by atoms with Gasteiger partial charge in [-0.05, 0) is 30.9 Å². The Morgan fingerprint density at radius 3 is 2.89 bits per heavy atom. The highest BCUT2D eigenvalue weighted by Gasteiger charge is 2.09. The lowest BCUT2D eigenvalue weighted by atomic mass is 10.1. The molecule has 2 aromatic rings. The molecule has 0 fully saturated rings. The maximum absolute atomic E-state index is 12.6. The van der Waals surface area contributed by atoms with E-state index in [9.17, 15) is 4.39 Å². The Labute approximate surface area is 121 Å². The smallest absolute Gasteiger partial charge is 0.234 e. The molecule has 0 spiro atoms. The lowest BCUT2D eigenvalue weighted by Gasteiger charge is -2.12. The number of alkyl halides is 1. The molecule has 0 N–H and O–H groups in total. The summed E-state index contributed by atoms with van der Waals surface area (Å²) in [4.78, 5) is 0.923. The molecule has 19 heavy (non-hydrogen) atoms. The Morgan fingerprint density at radius 1 is 1.42 bits per heavy atom. The van der Waals surface area contributed by atoms with Crippen LogP contribution in [0.15, 0.2) is 35.4 Å². The Balaban J connectivity index is 2.17. The van der Waals surface area contributed by atoms with Crippen LogP contribution in [-0.2, 0) is 13.0 Å². The highest BCUT2D eigenvalue weighted by atomic mass is 32.2. The third-order valence-electron chi connectivity index (χ3n) is 2.74. The summed E-state index contributed by atoms with van der Waals surface area (Å²) in [6.07, 6.45) is 2.59. The molecule has 1 heterocycles. The first kappa shape index (κ1) is 14.3. The van der Waals surface area contributed by atoms with Gasteiger partial charge in [-0.15, -0.1) is 5.10 Å². The van der Waals surface area contributed by atoms with E-state index in [1.165, 1.54) is 21.4 Å².